The van der Waals surface area contributed by atoms with Gasteiger partial charge in [-0.15, -0.1) is 11.3 Å². The van der Waals surface area contributed by atoms with Crippen LogP contribution in [0, 0.1) is 11.8 Å². The zero-order chi connectivity index (χ0) is 20.3. The van der Waals surface area contributed by atoms with Crippen molar-refractivity contribution in [3.8, 4) is 0 Å². The van der Waals surface area contributed by atoms with Crippen molar-refractivity contribution in [2.75, 3.05) is 5.32 Å². The normalized spacial score (nSPS) is 22.2. The molecule has 1 aromatic rings. The number of ether oxygens (including phenoxy) is 1. The van der Waals surface area contributed by atoms with E-state index in [0.717, 1.165) is 36.1 Å². The fraction of sp³-hybridized carbons (Fsp3) is 0.571. The lowest BCUT2D eigenvalue weighted by Gasteiger charge is -2.28. The van der Waals surface area contributed by atoms with Crippen LogP contribution in [-0.4, -0.2) is 23.9 Å². The van der Waals surface area contributed by atoms with Crippen molar-refractivity contribution in [2.45, 2.75) is 64.9 Å². The molecule has 7 heteroatoms. The van der Waals surface area contributed by atoms with Crippen molar-refractivity contribution in [1.82, 2.24) is 0 Å². The Morgan fingerprint density at radius 2 is 1.89 bits per heavy atom. The molecule has 1 N–H and O–H groups in total. The number of carbonyl (C=O) groups excluding carboxylic acids is 3. The summed E-state index contributed by atoms with van der Waals surface area (Å²) in [5.41, 5.74) is 1.42. The van der Waals surface area contributed by atoms with Gasteiger partial charge >= 0.3 is 5.97 Å². The predicted octanol–water partition coefficient (Wildman–Crippen LogP) is 2.85. The van der Waals surface area contributed by atoms with Crippen LogP contribution in [0.15, 0.2) is 12.2 Å². The summed E-state index contributed by atoms with van der Waals surface area (Å²) in [5, 5.41) is 14.7. The van der Waals surface area contributed by atoms with Gasteiger partial charge in [0, 0.05) is 16.8 Å². The summed E-state index contributed by atoms with van der Waals surface area (Å²) < 4.78 is 5.54. The molecule has 152 valence electrons. The van der Waals surface area contributed by atoms with Gasteiger partial charge in [-0.3, -0.25) is 4.79 Å². The number of carboxylic acid groups (broad SMARTS) is 1. The van der Waals surface area contributed by atoms with Gasteiger partial charge in [-0.25, -0.2) is 4.79 Å². The number of nitrogens with one attached hydrogen (secondary N) is 1. The number of rotatable bonds is 6. The van der Waals surface area contributed by atoms with Gasteiger partial charge in [0.25, 0.3) is 0 Å². The Labute approximate surface area is 169 Å². The Morgan fingerprint density at radius 1 is 1.21 bits per heavy atom. The Hall–Kier alpha value is -2.15. The number of allylic oxidation sites excluding steroid dienone is 2. The summed E-state index contributed by atoms with van der Waals surface area (Å²) in [6.07, 6.45) is 8.45. The first-order valence-corrected chi connectivity index (χ1v) is 10.8. The molecule has 0 bridgehead atoms. The Bertz CT molecular complexity index is 797. The van der Waals surface area contributed by atoms with Crippen LogP contribution in [0.4, 0.5) is 5.00 Å². The van der Waals surface area contributed by atoms with E-state index in [9.17, 15) is 19.5 Å². The molecule has 0 aliphatic heterocycles. The zero-order valence-electron chi connectivity index (χ0n) is 16.3. The van der Waals surface area contributed by atoms with Crippen LogP contribution in [0.1, 0.15) is 66.8 Å². The number of carbonyl (C=O) groups is 3. The number of hydrogen-bond acceptors (Lipinski definition) is 6. The van der Waals surface area contributed by atoms with Crippen molar-refractivity contribution in [3.63, 3.8) is 0 Å². The molecule has 0 unspecified atom stereocenters. The molecule has 2 aliphatic carbocycles. The topological polar surface area (TPSA) is 95.5 Å². The zero-order valence-corrected chi connectivity index (χ0v) is 17.1. The molecule has 2 aliphatic rings. The summed E-state index contributed by atoms with van der Waals surface area (Å²) >= 11 is 1.41. The van der Waals surface area contributed by atoms with Crippen LogP contribution in [0.3, 0.4) is 0 Å². The molecule has 0 aromatic carbocycles. The van der Waals surface area contributed by atoms with E-state index >= 15 is 0 Å². The van der Waals surface area contributed by atoms with Crippen molar-refractivity contribution in [3.05, 3.63) is 28.2 Å². The largest absolute Gasteiger partial charge is 0.550 e. The standard InChI is InChI=1S/C21H27NO5S/c1-3-12(2)27-21(26)17-15-10-6-7-11-16(15)28-19(17)22-18(23)13-8-4-5-9-14(13)20(24)25/h4-5,12-14H,3,6-11H2,1-2H3,(H,22,23)(H,24,25)/p-1/t12-,13+,14+/m1/s1. The molecule has 28 heavy (non-hydrogen) atoms. The average molecular weight is 405 g/mol. The third-order valence-corrected chi connectivity index (χ3v) is 6.77. The van der Waals surface area contributed by atoms with E-state index in [1.165, 1.54) is 11.3 Å². The summed E-state index contributed by atoms with van der Waals surface area (Å²) in [6.45, 7) is 3.79. The van der Waals surface area contributed by atoms with E-state index < -0.39 is 23.8 Å². The molecule has 1 amide bonds. The fourth-order valence-electron chi connectivity index (χ4n) is 3.76. The van der Waals surface area contributed by atoms with Crippen LogP contribution in [0.5, 0.6) is 0 Å². The Morgan fingerprint density at radius 3 is 2.57 bits per heavy atom. The van der Waals surface area contributed by atoms with Gasteiger partial charge in [-0.2, -0.15) is 0 Å². The van der Waals surface area contributed by atoms with Gasteiger partial charge < -0.3 is 20.0 Å². The maximum Gasteiger partial charge on any atom is 0.341 e. The number of fused-ring (bicyclic) bond motifs is 1. The third kappa shape index (κ3) is 4.29. The van der Waals surface area contributed by atoms with Crippen molar-refractivity contribution < 1.29 is 24.2 Å². The van der Waals surface area contributed by atoms with E-state index in [-0.39, 0.29) is 18.4 Å². The molecular formula is C21H26NO5S-. The van der Waals surface area contributed by atoms with Gasteiger partial charge in [-0.05, 0) is 57.4 Å². The molecule has 0 saturated carbocycles. The molecule has 0 radical (unpaired) electrons. The minimum Gasteiger partial charge on any atom is -0.550 e. The number of aliphatic carboxylic acids is 1. The highest BCUT2D eigenvalue weighted by Gasteiger charge is 2.33. The maximum absolute atomic E-state index is 12.9. The van der Waals surface area contributed by atoms with Crippen LogP contribution in [0.25, 0.3) is 0 Å². The SMILES string of the molecule is CC[C@@H](C)OC(=O)c1c(NC(=O)[C@H]2CC=CC[C@@H]2C(=O)[O-])sc2c1CCCC2. The highest BCUT2D eigenvalue weighted by atomic mass is 32.1. The fourth-order valence-corrected chi connectivity index (χ4v) is 5.04. The third-order valence-electron chi connectivity index (χ3n) is 5.57. The first-order valence-electron chi connectivity index (χ1n) is 9.94. The van der Waals surface area contributed by atoms with Crippen molar-refractivity contribution >= 4 is 34.2 Å². The van der Waals surface area contributed by atoms with E-state index in [1.54, 1.807) is 6.08 Å². The second-order valence-electron chi connectivity index (χ2n) is 7.50. The quantitative estimate of drug-likeness (QED) is 0.581. The lowest BCUT2D eigenvalue weighted by atomic mass is 9.82. The number of thiophene rings is 1. The number of esters is 1. The van der Waals surface area contributed by atoms with Gasteiger partial charge in [0.1, 0.15) is 5.00 Å². The lowest BCUT2D eigenvalue weighted by Crippen LogP contribution is -2.41. The number of carboxylic acids is 1. The summed E-state index contributed by atoms with van der Waals surface area (Å²) in [7, 11) is 0. The second kappa shape index (κ2) is 8.90. The summed E-state index contributed by atoms with van der Waals surface area (Å²) in [4.78, 5) is 38.2. The van der Waals surface area contributed by atoms with Crippen LogP contribution in [0.2, 0.25) is 0 Å². The van der Waals surface area contributed by atoms with Gasteiger partial charge in [-0.1, -0.05) is 19.1 Å². The molecule has 3 rings (SSSR count). The Kier molecular flexibility index (Phi) is 6.54. The molecule has 0 saturated heterocycles. The van der Waals surface area contributed by atoms with Gasteiger partial charge in [0.15, 0.2) is 0 Å². The van der Waals surface area contributed by atoms with Crippen LogP contribution < -0.4 is 10.4 Å². The molecular weight excluding hydrogens is 378 g/mol. The molecule has 1 aromatic heterocycles. The molecule has 1 heterocycles. The first kappa shape index (κ1) is 20.6. The van der Waals surface area contributed by atoms with E-state index in [1.807, 2.05) is 19.9 Å². The minimum absolute atomic E-state index is 0.207. The van der Waals surface area contributed by atoms with E-state index in [2.05, 4.69) is 5.32 Å². The molecule has 3 atom stereocenters. The molecule has 0 fully saturated rings. The second-order valence-corrected chi connectivity index (χ2v) is 8.61. The Balaban J connectivity index is 1.87. The molecule has 0 spiro atoms. The summed E-state index contributed by atoms with van der Waals surface area (Å²) in [5.74, 6) is -3.56. The van der Waals surface area contributed by atoms with E-state index in [0.29, 0.717) is 23.4 Å². The van der Waals surface area contributed by atoms with Crippen molar-refractivity contribution in [1.29, 1.82) is 0 Å². The number of hydrogen-bond donors (Lipinski definition) is 1. The van der Waals surface area contributed by atoms with Gasteiger partial charge in [0.2, 0.25) is 5.91 Å². The smallest absolute Gasteiger partial charge is 0.341 e. The predicted molar refractivity (Wildman–Crippen MR) is 105 cm³/mol. The first-order chi connectivity index (χ1) is 13.4. The van der Waals surface area contributed by atoms with Crippen molar-refractivity contribution in [2.24, 2.45) is 11.8 Å². The number of anilines is 1. The monoisotopic (exact) mass is 404 g/mol. The minimum atomic E-state index is -1.22. The van der Waals surface area contributed by atoms with E-state index in [4.69, 9.17) is 4.74 Å². The number of amides is 1. The highest BCUT2D eigenvalue weighted by molar-refractivity contribution is 7.17. The highest BCUT2D eigenvalue weighted by Crippen LogP contribution is 2.39. The molecule has 6 nitrogen and oxygen atoms in total. The van der Waals surface area contributed by atoms with Crippen LogP contribution >= 0.6 is 11.3 Å². The lowest BCUT2D eigenvalue weighted by molar-refractivity contribution is -0.313. The average Bonchev–Trinajstić information content (AvgIpc) is 3.05. The van der Waals surface area contributed by atoms with Crippen LogP contribution in [-0.2, 0) is 27.2 Å². The summed E-state index contributed by atoms with van der Waals surface area (Å²) in [6, 6.07) is 0. The van der Waals surface area contributed by atoms with Gasteiger partial charge in [0.05, 0.1) is 17.6 Å². The maximum atomic E-state index is 12.9. The number of aryl methyl sites for hydroxylation is 1.